The van der Waals surface area contributed by atoms with Crippen LogP contribution in [0.2, 0.25) is 0 Å². The third kappa shape index (κ3) is 7.33. The molecular formula is C18H28IN5O. The lowest BCUT2D eigenvalue weighted by molar-refractivity contribution is 0.409. The normalized spacial score (nSPS) is 12.2. The quantitative estimate of drug-likeness (QED) is 0.364. The van der Waals surface area contributed by atoms with E-state index < -0.39 is 0 Å². The molecule has 0 fully saturated rings. The number of ether oxygens (including phenoxy) is 1. The lowest BCUT2D eigenvalue weighted by Crippen LogP contribution is -2.40. The van der Waals surface area contributed by atoms with Crippen LogP contribution in [0.15, 0.2) is 47.7 Å². The van der Waals surface area contributed by atoms with E-state index in [0.717, 1.165) is 37.8 Å². The summed E-state index contributed by atoms with van der Waals surface area (Å²) in [4.78, 5) is 4.27. The summed E-state index contributed by atoms with van der Waals surface area (Å²) in [5.41, 5.74) is 1.19. The van der Waals surface area contributed by atoms with E-state index >= 15 is 0 Å². The van der Waals surface area contributed by atoms with E-state index in [4.69, 9.17) is 4.74 Å². The molecule has 0 bridgehead atoms. The van der Waals surface area contributed by atoms with Gasteiger partial charge in [-0.15, -0.1) is 24.0 Å². The summed E-state index contributed by atoms with van der Waals surface area (Å²) in [6.45, 7) is 4.72. The molecule has 0 saturated heterocycles. The Morgan fingerprint density at radius 1 is 1.28 bits per heavy atom. The predicted molar refractivity (Wildman–Crippen MR) is 113 cm³/mol. The molecule has 7 heteroatoms. The van der Waals surface area contributed by atoms with Crippen molar-refractivity contribution in [2.24, 2.45) is 10.9 Å². The van der Waals surface area contributed by atoms with Gasteiger partial charge in [-0.05, 0) is 30.0 Å². The van der Waals surface area contributed by atoms with Crippen molar-refractivity contribution in [3.05, 3.63) is 48.3 Å². The molecule has 0 radical (unpaired) electrons. The number of aromatic nitrogens is 2. The standard InChI is InChI=1S/C18H27N5O.HI/c1-15(14-23-12-6-10-22-23)13-21-18(19-2)20-11-9-16-7-4-5-8-17(16)24-3;/h4-8,10,12,15H,9,11,13-14H2,1-3H3,(H2,19,20,21);1H. The van der Waals surface area contributed by atoms with Crippen molar-refractivity contribution < 1.29 is 4.74 Å². The van der Waals surface area contributed by atoms with Crippen LogP contribution in [-0.2, 0) is 13.0 Å². The van der Waals surface area contributed by atoms with Gasteiger partial charge in [0.25, 0.3) is 0 Å². The number of nitrogens with zero attached hydrogens (tertiary/aromatic N) is 3. The molecule has 2 rings (SSSR count). The predicted octanol–water partition coefficient (Wildman–Crippen LogP) is 2.55. The number of rotatable bonds is 8. The zero-order valence-electron chi connectivity index (χ0n) is 15.1. The molecule has 2 N–H and O–H groups in total. The summed E-state index contributed by atoms with van der Waals surface area (Å²) in [6.07, 6.45) is 4.67. The number of nitrogens with one attached hydrogen (secondary N) is 2. The monoisotopic (exact) mass is 457 g/mol. The smallest absolute Gasteiger partial charge is 0.190 e. The summed E-state index contributed by atoms with van der Waals surface area (Å²) in [5.74, 6) is 2.20. The van der Waals surface area contributed by atoms with Crippen molar-refractivity contribution in [3.8, 4) is 5.75 Å². The van der Waals surface area contributed by atoms with Gasteiger partial charge in [-0.1, -0.05) is 25.1 Å². The molecule has 0 aliphatic carbocycles. The highest BCUT2D eigenvalue weighted by atomic mass is 127. The van der Waals surface area contributed by atoms with Gasteiger partial charge in [0, 0.05) is 39.1 Å². The third-order valence-electron chi connectivity index (χ3n) is 3.78. The molecular weight excluding hydrogens is 429 g/mol. The number of methoxy groups -OCH3 is 1. The number of aliphatic imine (C=N–C) groups is 1. The number of guanidine groups is 1. The lowest BCUT2D eigenvalue weighted by atomic mass is 10.1. The fourth-order valence-corrected chi connectivity index (χ4v) is 2.51. The average Bonchev–Trinajstić information content (AvgIpc) is 3.11. The SMILES string of the molecule is CN=C(NCCc1ccccc1OC)NCC(C)Cn1cccn1.I. The van der Waals surface area contributed by atoms with Crippen molar-refractivity contribution in [2.75, 3.05) is 27.2 Å². The van der Waals surface area contributed by atoms with Crippen LogP contribution in [0.25, 0.3) is 0 Å². The lowest BCUT2D eigenvalue weighted by Gasteiger charge is -2.16. The van der Waals surface area contributed by atoms with Gasteiger partial charge in [0.2, 0.25) is 0 Å². The topological polar surface area (TPSA) is 63.5 Å². The van der Waals surface area contributed by atoms with E-state index in [2.05, 4.69) is 33.7 Å². The van der Waals surface area contributed by atoms with E-state index in [0.29, 0.717) is 5.92 Å². The number of halogens is 1. The second-order valence-electron chi connectivity index (χ2n) is 5.78. The molecule has 138 valence electrons. The maximum atomic E-state index is 5.38. The van der Waals surface area contributed by atoms with Crippen LogP contribution in [0.5, 0.6) is 5.75 Å². The van der Waals surface area contributed by atoms with Crippen molar-refractivity contribution >= 4 is 29.9 Å². The van der Waals surface area contributed by atoms with E-state index in [1.807, 2.05) is 35.1 Å². The zero-order valence-corrected chi connectivity index (χ0v) is 17.4. The maximum Gasteiger partial charge on any atom is 0.190 e. The van der Waals surface area contributed by atoms with Crippen LogP contribution in [0.4, 0.5) is 0 Å². The Labute approximate surface area is 167 Å². The Hall–Kier alpha value is -1.77. The van der Waals surface area contributed by atoms with Gasteiger partial charge in [-0.25, -0.2) is 0 Å². The molecule has 1 aromatic heterocycles. The first kappa shape index (κ1) is 21.3. The number of hydrogen-bond acceptors (Lipinski definition) is 3. The highest BCUT2D eigenvalue weighted by Crippen LogP contribution is 2.17. The van der Waals surface area contributed by atoms with E-state index in [1.165, 1.54) is 5.56 Å². The van der Waals surface area contributed by atoms with E-state index in [9.17, 15) is 0 Å². The summed E-state index contributed by atoms with van der Waals surface area (Å²) >= 11 is 0. The summed E-state index contributed by atoms with van der Waals surface area (Å²) in [5, 5.41) is 10.9. The Balaban J connectivity index is 0.00000312. The highest BCUT2D eigenvalue weighted by molar-refractivity contribution is 14.0. The number of benzene rings is 1. The largest absolute Gasteiger partial charge is 0.496 e. The molecule has 0 saturated carbocycles. The Morgan fingerprint density at radius 2 is 2.08 bits per heavy atom. The van der Waals surface area contributed by atoms with Crippen LogP contribution in [0, 0.1) is 5.92 Å². The van der Waals surface area contributed by atoms with Crippen LogP contribution in [-0.4, -0.2) is 43.0 Å². The van der Waals surface area contributed by atoms with Crippen LogP contribution < -0.4 is 15.4 Å². The van der Waals surface area contributed by atoms with Crippen molar-refractivity contribution in [1.29, 1.82) is 0 Å². The molecule has 0 amide bonds. The van der Waals surface area contributed by atoms with Crippen LogP contribution >= 0.6 is 24.0 Å². The molecule has 0 aliphatic rings. The molecule has 0 spiro atoms. The minimum atomic E-state index is 0. The Morgan fingerprint density at radius 3 is 2.76 bits per heavy atom. The van der Waals surface area contributed by atoms with Gasteiger partial charge >= 0.3 is 0 Å². The van der Waals surface area contributed by atoms with Crippen molar-refractivity contribution in [2.45, 2.75) is 19.9 Å². The van der Waals surface area contributed by atoms with Gasteiger partial charge in [-0.3, -0.25) is 9.67 Å². The number of hydrogen-bond donors (Lipinski definition) is 2. The molecule has 0 aliphatic heterocycles. The Bertz CT molecular complexity index is 630. The second-order valence-corrected chi connectivity index (χ2v) is 5.78. The summed E-state index contributed by atoms with van der Waals surface area (Å²) in [6, 6.07) is 10.0. The first-order chi connectivity index (χ1) is 11.7. The Kier molecular flexibility index (Phi) is 9.98. The highest BCUT2D eigenvalue weighted by Gasteiger charge is 2.06. The fourth-order valence-electron chi connectivity index (χ4n) is 2.51. The second kappa shape index (κ2) is 11.7. The molecule has 1 unspecified atom stereocenters. The van der Waals surface area contributed by atoms with Gasteiger partial charge in [0.15, 0.2) is 5.96 Å². The van der Waals surface area contributed by atoms with Crippen LogP contribution in [0.3, 0.4) is 0 Å². The molecule has 1 atom stereocenters. The first-order valence-electron chi connectivity index (χ1n) is 8.26. The van der Waals surface area contributed by atoms with E-state index in [1.54, 1.807) is 20.4 Å². The van der Waals surface area contributed by atoms with Crippen LogP contribution in [0.1, 0.15) is 12.5 Å². The number of para-hydroxylation sites is 1. The minimum absolute atomic E-state index is 0. The van der Waals surface area contributed by atoms with Crippen molar-refractivity contribution in [3.63, 3.8) is 0 Å². The van der Waals surface area contributed by atoms with Gasteiger partial charge < -0.3 is 15.4 Å². The zero-order chi connectivity index (χ0) is 17.2. The maximum absolute atomic E-state index is 5.38. The molecule has 2 aromatic rings. The van der Waals surface area contributed by atoms with Gasteiger partial charge in [0.05, 0.1) is 7.11 Å². The third-order valence-corrected chi connectivity index (χ3v) is 3.78. The van der Waals surface area contributed by atoms with E-state index in [-0.39, 0.29) is 24.0 Å². The molecule has 25 heavy (non-hydrogen) atoms. The summed E-state index contributed by atoms with van der Waals surface area (Å²) in [7, 11) is 3.49. The first-order valence-corrected chi connectivity index (χ1v) is 8.26. The minimum Gasteiger partial charge on any atom is -0.496 e. The van der Waals surface area contributed by atoms with Gasteiger partial charge in [-0.2, -0.15) is 5.10 Å². The molecule has 1 aromatic carbocycles. The average molecular weight is 457 g/mol. The molecule has 1 heterocycles. The fraction of sp³-hybridized carbons (Fsp3) is 0.444. The molecule has 6 nitrogen and oxygen atoms in total. The summed E-state index contributed by atoms with van der Waals surface area (Å²) < 4.78 is 7.32. The van der Waals surface area contributed by atoms with Gasteiger partial charge in [0.1, 0.15) is 5.75 Å². The van der Waals surface area contributed by atoms with Crippen molar-refractivity contribution in [1.82, 2.24) is 20.4 Å².